The fourth-order valence-electron chi connectivity index (χ4n) is 5.52. The average Bonchev–Trinajstić information content (AvgIpc) is 3.01. The summed E-state index contributed by atoms with van der Waals surface area (Å²) >= 11 is 0. The van der Waals surface area contributed by atoms with E-state index in [1.54, 1.807) is 0 Å². The fraction of sp³-hybridized carbons (Fsp3) is 0.731. The molecule has 1 heterocycles. The normalized spacial score (nSPS) is 21.7. The van der Waals surface area contributed by atoms with Gasteiger partial charge in [-0.15, -0.1) is 0 Å². The number of carbonyl (C=O) groups excluding carboxylic acids is 1. The lowest BCUT2D eigenvalue weighted by molar-refractivity contribution is 0.00208. The van der Waals surface area contributed by atoms with Crippen LogP contribution in [0.15, 0.2) is 18.5 Å². The highest BCUT2D eigenvalue weighted by Gasteiger charge is 2.42. The van der Waals surface area contributed by atoms with Crippen molar-refractivity contribution in [2.24, 2.45) is 10.8 Å². The van der Waals surface area contributed by atoms with Gasteiger partial charge in [0.15, 0.2) is 5.88 Å². The number of amides is 1. The lowest BCUT2D eigenvalue weighted by atomic mass is 9.62. The molecule has 35 heavy (non-hydrogen) atoms. The van der Waals surface area contributed by atoms with Crippen LogP contribution >= 0.6 is 0 Å². The first kappa shape index (κ1) is 28.5. The van der Waals surface area contributed by atoms with E-state index in [1.807, 2.05) is 33.8 Å². The van der Waals surface area contributed by atoms with Crippen LogP contribution in [0.4, 0.5) is 9.59 Å². The molecule has 0 aliphatic heterocycles. The van der Waals surface area contributed by atoms with Crippen LogP contribution in [-0.4, -0.2) is 51.9 Å². The van der Waals surface area contributed by atoms with Crippen molar-refractivity contribution in [1.82, 2.24) is 20.4 Å². The van der Waals surface area contributed by atoms with Crippen LogP contribution < -0.4 is 10.6 Å². The Labute approximate surface area is 209 Å². The van der Waals surface area contributed by atoms with Gasteiger partial charge in [-0.05, 0) is 89.7 Å². The molecule has 1 aromatic rings. The summed E-state index contributed by atoms with van der Waals surface area (Å²) in [5.74, 6) is 0.536. The van der Waals surface area contributed by atoms with Gasteiger partial charge in [0.1, 0.15) is 5.60 Å². The van der Waals surface area contributed by atoms with Gasteiger partial charge in [0.2, 0.25) is 0 Å². The van der Waals surface area contributed by atoms with E-state index in [-0.39, 0.29) is 29.5 Å². The highest BCUT2D eigenvalue weighted by atomic mass is 16.7. The van der Waals surface area contributed by atoms with E-state index in [0.717, 1.165) is 43.5 Å². The van der Waals surface area contributed by atoms with Crippen molar-refractivity contribution < 1.29 is 24.2 Å². The van der Waals surface area contributed by atoms with E-state index in [0.29, 0.717) is 18.8 Å². The monoisotopic (exact) mass is 492 g/mol. The number of rotatable bonds is 11. The minimum atomic E-state index is -1.24. The third-order valence-electron chi connectivity index (χ3n) is 6.48. The summed E-state index contributed by atoms with van der Waals surface area (Å²) in [6.07, 6.45) is 3.79. The highest BCUT2D eigenvalue weighted by molar-refractivity contribution is 5.76. The fourth-order valence-corrected chi connectivity index (χ4v) is 5.52. The predicted octanol–water partition coefficient (Wildman–Crippen LogP) is 5.36. The number of hydrogen-bond donors (Lipinski definition) is 3. The van der Waals surface area contributed by atoms with Crippen LogP contribution in [0.25, 0.3) is 0 Å². The van der Waals surface area contributed by atoms with Crippen LogP contribution in [0.1, 0.15) is 84.5 Å². The molecule has 1 amide bonds. The maximum absolute atomic E-state index is 12.7. The van der Waals surface area contributed by atoms with E-state index >= 15 is 0 Å². The number of aromatic nitrogens is 2. The minimum absolute atomic E-state index is 0.0908. The van der Waals surface area contributed by atoms with Gasteiger partial charge in [0.05, 0.1) is 12.3 Å². The third kappa shape index (κ3) is 9.45. The SMILES string of the molecule is C=C(NC1CC(C)(C)CC(C)(CNC(=O)n2nc(C)cc2C)C1)OC(C)(C)CCCCOC(=O)O. The largest absolute Gasteiger partial charge is 0.505 e. The van der Waals surface area contributed by atoms with Gasteiger partial charge in [-0.25, -0.2) is 9.59 Å². The predicted molar refractivity (Wildman–Crippen MR) is 135 cm³/mol. The quantitative estimate of drug-likeness (QED) is 0.216. The highest BCUT2D eigenvalue weighted by Crippen LogP contribution is 2.46. The van der Waals surface area contributed by atoms with Gasteiger partial charge in [-0.3, -0.25) is 0 Å². The summed E-state index contributed by atoms with van der Waals surface area (Å²) in [5.41, 5.74) is 1.20. The molecule has 1 fully saturated rings. The molecule has 0 radical (unpaired) electrons. The summed E-state index contributed by atoms with van der Waals surface area (Å²) < 4.78 is 12.1. The summed E-state index contributed by atoms with van der Waals surface area (Å²) in [5, 5.41) is 19.4. The second kappa shape index (κ2) is 11.4. The van der Waals surface area contributed by atoms with Gasteiger partial charge in [0, 0.05) is 18.3 Å². The van der Waals surface area contributed by atoms with E-state index in [4.69, 9.17) is 9.84 Å². The van der Waals surface area contributed by atoms with Crippen molar-refractivity contribution in [3.05, 3.63) is 29.9 Å². The molecular formula is C26H44N4O5. The van der Waals surface area contributed by atoms with E-state index < -0.39 is 11.8 Å². The molecule has 2 unspecified atom stereocenters. The van der Waals surface area contributed by atoms with Gasteiger partial charge in [-0.2, -0.15) is 9.78 Å². The van der Waals surface area contributed by atoms with Gasteiger partial charge >= 0.3 is 12.2 Å². The smallest absolute Gasteiger partial charge is 0.474 e. The van der Waals surface area contributed by atoms with Crippen molar-refractivity contribution in [1.29, 1.82) is 0 Å². The lowest BCUT2D eigenvalue weighted by Gasteiger charge is -2.47. The maximum atomic E-state index is 12.7. The second-order valence-electron chi connectivity index (χ2n) is 11.8. The Bertz CT molecular complexity index is 908. The summed E-state index contributed by atoms with van der Waals surface area (Å²) in [4.78, 5) is 23.2. The summed E-state index contributed by atoms with van der Waals surface area (Å²) in [6.45, 7) is 19.3. The first-order valence-corrected chi connectivity index (χ1v) is 12.4. The molecule has 1 aliphatic rings. The number of hydrogen-bond acceptors (Lipinski definition) is 6. The van der Waals surface area contributed by atoms with Gasteiger partial charge in [0.25, 0.3) is 0 Å². The van der Waals surface area contributed by atoms with E-state index in [9.17, 15) is 9.59 Å². The van der Waals surface area contributed by atoms with Crippen LogP contribution in [0.5, 0.6) is 0 Å². The Morgan fingerprint density at radius 2 is 1.94 bits per heavy atom. The van der Waals surface area contributed by atoms with E-state index in [1.165, 1.54) is 4.68 Å². The van der Waals surface area contributed by atoms with Crippen molar-refractivity contribution in [2.75, 3.05) is 13.2 Å². The molecule has 0 spiro atoms. The zero-order valence-corrected chi connectivity index (χ0v) is 22.5. The molecule has 0 aromatic carbocycles. The van der Waals surface area contributed by atoms with Crippen molar-refractivity contribution in [3.8, 4) is 0 Å². The van der Waals surface area contributed by atoms with Crippen molar-refractivity contribution in [2.45, 2.75) is 98.6 Å². The molecule has 1 aliphatic carbocycles. The average molecular weight is 493 g/mol. The molecule has 0 bridgehead atoms. The Kier molecular flexibility index (Phi) is 9.25. The number of ether oxygens (including phenoxy) is 2. The summed E-state index contributed by atoms with van der Waals surface area (Å²) in [7, 11) is 0. The third-order valence-corrected chi connectivity index (χ3v) is 6.48. The molecule has 9 nitrogen and oxygen atoms in total. The number of aryl methyl sites for hydroxylation is 2. The number of carbonyl (C=O) groups is 2. The van der Waals surface area contributed by atoms with Crippen LogP contribution in [0.2, 0.25) is 0 Å². The van der Waals surface area contributed by atoms with Gasteiger partial charge in [-0.1, -0.05) is 20.8 Å². The molecule has 0 saturated heterocycles. The minimum Gasteiger partial charge on any atom is -0.474 e. The second-order valence-corrected chi connectivity index (χ2v) is 11.8. The number of unbranched alkanes of at least 4 members (excludes halogenated alkanes) is 1. The zero-order valence-electron chi connectivity index (χ0n) is 22.5. The van der Waals surface area contributed by atoms with Gasteiger partial charge < -0.3 is 25.2 Å². The summed E-state index contributed by atoms with van der Waals surface area (Å²) in [6, 6.07) is 1.86. The molecule has 2 rings (SSSR count). The number of carboxylic acid groups (broad SMARTS) is 1. The van der Waals surface area contributed by atoms with Crippen LogP contribution in [0.3, 0.4) is 0 Å². The first-order chi connectivity index (χ1) is 16.1. The van der Waals surface area contributed by atoms with E-state index in [2.05, 4.69) is 47.8 Å². The molecular weight excluding hydrogens is 448 g/mol. The maximum Gasteiger partial charge on any atom is 0.505 e. The Morgan fingerprint density at radius 3 is 2.54 bits per heavy atom. The first-order valence-electron chi connectivity index (χ1n) is 12.4. The molecule has 9 heteroatoms. The Balaban J connectivity index is 1.89. The molecule has 2 atom stereocenters. The van der Waals surface area contributed by atoms with Crippen LogP contribution in [0, 0.1) is 24.7 Å². The molecule has 1 aromatic heterocycles. The van der Waals surface area contributed by atoms with Crippen LogP contribution in [-0.2, 0) is 9.47 Å². The van der Waals surface area contributed by atoms with Crippen molar-refractivity contribution >= 4 is 12.2 Å². The number of nitrogens with zero attached hydrogens (tertiary/aromatic N) is 2. The Hall–Kier alpha value is -2.71. The lowest BCUT2D eigenvalue weighted by Crippen LogP contribution is -2.50. The molecule has 198 valence electrons. The standard InChI is InChI=1S/C26H44N4O5/c1-18-13-19(2)30(29-18)22(31)27-17-26(8)15-21(14-24(4,5)16-26)28-20(3)35-25(6,7)11-9-10-12-34-23(32)33/h13,21,28H,3,9-12,14-17H2,1-2,4-8H3,(H,27,31)(H,32,33). The molecule has 1 saturated carbocycles. The molecule has 3 N–H and O–H groups in total. The number of nitrogens with one attached hydrogen (secondary N) is 2. The topological polar surface area (TPSA) is 115 Å². The zero-order chi connectivity index (χ0) is 26.4. The van der Waals surface area contributed by atoms with Crippen molar-refractivity contribution in [3.63, 3.8) is 0 Å². The Morgan fingerprint density at radius 1 is 1.26 bits per heavy atom.